The van der Waals surface area contributed by atoms with E-state index in [9.17, 15) is 35.9 Å². The fraction of sp³-hybridized carbons (Fsp3) is 0.125. The minimum atomic E-state index is -5.08. The summed E-state index contributed by atoms with van der Waals surface area (Å²) in [5.74, 6) is -2.90. The van der Waals surface area contributed by atoms with E-state index in [1.165, 1.54) is 0 Å². The summed E-state index contributed by atoms with van der Waals surface area (Å²) in [7, 11) is 0.375. The van der Waals surface area contributed by atoms with Crippen LogP contribution in [0.3, 0.4) is 0 Å². The van der Waals surface area contributed by atoms with Gasteiger partial charge in [0.15, 0.2) is 11.5 Å². The van der Waals surface area contributed by atoms with Crippen LogP contribution in [0.4, 0.5) is 26.3 Å². The summed E-state index contributed by atoms with van der Waals surface area (Å²) in [6.45, 7) is 0. The molecule has 0 N–H and O–H groups in total. The van der Waals surface area contributed by atoms with Gasteiger partial charge < -0.3 is 18.8 Å². The van der Waals surface area contributed by atoms with Crippen LogP contribution >= 0.6 is 0 Å². The Labute approximate surface area is 159 Å². The van der Waals surface area contributed by atoms with Crippen LogP contribution in [0, 0.1) is 0 Å². The molecule has 0 saturated carbocycles. The third-order valence-electron chi connectivity index (χ3n) is 3.01. The fourth-order valence-electron chi connectivity index (χ4n) is 1.93. The van der Waals surface area contributed by atoms with Gasteiger partial charge in [-0.15, -0.1) is 26.3 Å². The number of benzene rings is 2. The van der Waals surface area contributed by atoms with Crippen molar-refractivity contribution >= 4 is 20.3 Å². The summed E-state index contributed by atoms with van der Waals surface area (Å²) in [4.78, 5) is 21.6. The number of carbonyl (C=O) groups is 2. The third-order valence-corrected chi connectivity index (χ3v) is 3.01. The molecule has 0 unspecified atom stereocenters. The van der Waals surface area contributed by atoms with Gasteiger partial charge in [-0.25, -0.2) is 0 Å². The summed E-state index contributed by atoms with van der Waals surface area (Å²) < 4.78 is 91.8. The lowest BCUT2D eigenvalue weighted by atomic mass is 10.2. The monoisotopic (exact) mass is 421 g/mol. The largest absolute Gasteiger partial charge is 0.658 e. The lowest BCUT2D eigenvalue weighted by molar-refractivity contribution is -0.275. The summed E-state index contributed by atoms with van der Waals surface area (Å²) in [5, 5.41) is 0. The van der Waals surface area contributed by atoms with Gasteiger partial charge in [0.1, 0.15) is 24.1 Å². The highest BCUT2D eigenvalue weighted by Gasteiger charge is 2.33. The molecular formula is C16H8BF6O6. The summed E-state index contributed by atoms with van der Waals surface area (Å²) in [6.07, 6.45) is -9.52. The maximum Gasteiger partial charge on any atom is 0.658 e. The molecule has 13 heteroatoms. The molecule has 2 aromatic carbocycles. The fourth-order valence-corrected chi connectivity index (χ4v) is 1.93. The molecule has 0 amide bonds. The Hall–Kier alpha value is -3.38. The number of rotatable bonds is 8. The molecule has 0 heterocycles. The molecule has 6 nitrogen and oxygen atoms in total. The highest BCUT2D eigenvalue weighted by Crippen LogP contribution is 2.35. The minimum Gasteiger partial charge on any atom is -0.524 e. The molecular weight excluding hydrogens is 413 g/mol. The Morgan fingerprint density at radius 3 is 1.34 bits per heavy atom. The van der Waals surface area contributed by atoms with Crippen molar-refractivity contribution < 1.29 is 54.7 Å². The molecule has 0 aromatic heterocycles. The Kier molecular flexibility index (Phi) is 6.62. The molecule has 29 heavy (non-hydrogen) atoms. The van der Waals surface area contributed by atoms with Crippen LogP contribution in [0.15, 0.2) is 36.4 Å². The normalized spacial score (nSPS) is 11.4. The summed E-state index contributed by atoms with van der Waals surface area (Å²) >= 11 is 0. The Bertz CT molecular complexity index is 812. The van der Waals surface area contributed by atoms with Crippen molar-refractivity contribution in [2.45, 2.75) is 12.7 Å². The number of alkyl halides is 6. The van der Waals surface area contributed by atoms with Crippen LogP contribution in [0.2, 0.25) is 0 Å². The maximum absolute atomic E-state index is 12.4. The van der Waals surface area contributed by atoms with Gasteiger partial charge in [-0.1, -0.05) is 0 Å². The predicted molar refractivity (Wildman–Crippen MR) is 84.0 cm³/mol. The molecule has 2 aromatic rings. The quantitative estimate of drug-likeness (QED) is 0.363. The van der Waals surface area contributed by atoms with Gasteiger partial charge in [0.2, 0.25) is 0 Å². The second-order valence-electron chi connectivity index (χ2n) is 5.08. The number of aldehydes is 2. The van der Waals surface area contributed by atoms with Crippen LogP contribution < -0.4 is 18.8 Å². The highest BCUT2D eigenvalue weighted by molar-refractivity contribution is 6.21. The SMILES string of the molecule is O=Cc1ccc(OC(F)(F)F)c(O[B]Oc2cc(C=O)ccc2OC(F)(F)F)c1. The first-order valence-electron chi connectivity index (χ1n) is 7.35. The van der Waals surface area contributed by atoms with E-state index in [1.807, 2.05) is 0 Å². The van der Waals surface area contributed by atoms with Gasteiger partial charge in [-0.2, -0.15) is 0 Å². The van der Waals surface area contributed by atoms with E-state index in [1.54, 1.807) is 0 Å². The smallest absolute Gasteiger partial charge is 0.524 e. The number of ether oxygens (including phenoxy) is 2. The van der Waals surface area contributed by atoms with Gasteiger partial charge >= 0.3 is 20.4 Å². The van der Waals surface area contributed by atoms with E-state index in [-0.39, 0.29) is 11.1 Å². The molecule has 0 fully saturated rings. The van der Waals surface area contributed by atoms with E-state index in [0.717, 1.165) is 36.4 Å². The van der Waals surface area contributed by atoms with Crippen LogP contribution in [0.5, 0.6) is 23.0 Å². The van der Waals surface area contributed by atoms with Crippen molar-refractivity contribution in [3.05, 3.63) is 47.5 Å². The van der Waals surface area contributed by atoms with Crippen molar-refractivity contribution in [3.63, 3.8) is 0 Å². The minimum absolute atomic E-state index is 0.0769. The van der Waals surface area contributed by atoms with Crippen molar-refractivity contribution in [3.8, 4) is 23.0 Å². The van der Waals surface area contributed by atoms with Crippen molar-refractivity contribution in [1.29, 1.82) is 0 Å². The zero-order chi connectivity index (χ0) is 21.7. The highest BCUT2D eigenvalue weighted by atomic mass is 19.4. The van der Waals surface area contributed by atoms with Crippen molar-refractivity contribution in [2.24, 2.45) is 0 Å². The van der Waals surface area contributed by atoms with E-state index in [0.29, 0.717) is 20.3 Å². The number of hydrogen-bond donors (Lipinski definition) is 0. The summed E-state index contributed by atoms with van der Waals surface area (Å²) in [5.41, 5.74) is -0.154. The van der Waals surface area contributed by atoms with Crippen LogP contribution in [0.1, 0.15) is 20.7 Å². The lowest BCUT2D eigenvalue weighted by Gasteiger charge is -2.16. The molecule has 2 rings (SSSR count). The average molecular weight is 421 g/mol. The number of halogens is 6. The van der Waals surface area contributed by atoms with Crippen LogP contribution in [-0.4, -0.2) is 33.0 Å². The zero-order valence-corrected chi connectivity index (χ0v) is 13.9. The molecule has 0 aliphatic carbocycles. The van der Waals surface area contributed by atoms with Crippen molar-refractivity contribution in [2.75, 3.05) is 0 Å². The predicted octanol–water partition coefficient (Wildman–Crippen LogP) is 4.10. The van der Waals surface area contributed by atoms with E-state index in [2.05, 4.69) is 9.47 Å². The van der Waals surface area contributed by atoms with Crippen LogP contribution in [0.25, 0.3) is 0 Å². The Morgan fingerprint density at radius 2 is 1.03 bits per heavy atom. The molecule has 0 atom stereocenters. The maximum atomic E-state index is 12.4. The molecule has 0 saturated heterocycles. The van der Waals surface area contributed by atoms with Gasteiger partial charge in [0.05, 0.1) is 0 Å². The van der Waals surface area contributed by atoms with E-state index < -0.39 is 35.7 Å². The molecule has 0 aliphatic rings. The standard InChI is InChI=1S/C16H8BF6O6/c18-15(19,20)26-11-3-1-9(7-24)5-13(11)28-17-29-14-6-10(8-25)2-4-12(14)27-16(21,22)23/h1-8H. The molecule has 0 spiro atoms. The first-order valence-corrected chi connectivity index (χ1v) is 7.35. The first-order chi connectivity index (χ1) is 13.5. The summed E-state index contributed by atoms with van der Waals surface area (Å²) in [6, 6.07) is 5.39. The lowest BCUT2D eigenvalue weighted by Crippen LogP contribution is -2.20. The molecule has 153 valence electrons. The van der Waals surface area contributed by atoms with Gasteiger partial charge in [-0.3, -0.25) is 9.59 Å². The molecule has 0 aliphatic heterocycles. The first kappa shape index (κ1) is 21.9. The van der Waals surface area contributed by atoms with E-state index in [4.69, 9.17) is 9.31 Å². The Balaban J connectivity index is 2.20. The second kappa shape index (κ2) is 8.75. The van der Waals surface area contributed by atoms with Crippen molar-refractivity contribution in [1.82, 2.24) is 0 Å². The van der Waals surface area contributed by atoms with Gasteiger partial charge in [0.25, 0.3) is 0 Å². The van der Waals surface area contributed by atoms with E-state index >= 15 is 0 Å². The van der Waals surface area contributed by atoms with Gasteiger partial charge in [0, 0.05) is 11.1 Å². The number of hydrogen-bond acceptors (Lipinski definition) is 6. The van der Waals surface area contributed by atoms with Gasteiger partial charge in [-0.05, 0) is 36.4 Å². The average Bonchev–Trinajstić information content (AvgIpc) is 2.61. The zero-order valence-electron chi connectivity index (χ0n) is 13.9. The van der Waals surface area contributed by atoms with Crippen LogP contribution in [-0.2, 0) is 0 Å². The number of carbonyl (C=O) groups excluding carboxylic acids is 2. The molecule has 1 radical (unpaired) electrons. The Morgan fingerprint density at radius 1 is 0.655 bits per heavy atom. The third kappa shape index (κ3) is 6.94. The topological polar surface area (TPSA) is 71.1 Å². The second-order valence-corrected chi connectivity index (χ2v) is 5.08. The molecule has 0 bridgehead atoms.